The van der Waals surface area contributed by atoms with Crippen LogP contribution < -0.4 is 5.32 Å². The molecule has 4 rings (SSSR count). The summed E-state index contributed by atoms with van der Waals surface area (Å²) in [5.41, 5.74) is 3.75. The van der Waals surface area contributed by atoms with Gasteiger partial charge >= 0.3 is 5.97 Å². The lowest BCUT2D eigenvalue weighted by Gasteiger charge is -2.36. The van der Waals surface area contributed by atoms with Crippen molar-refractivity contribution < 1.29 is 19.1 Å². The molecule has 0 unspecified atom stereocenters. The summed E-state index contributed by atoms with van der Waals surface area (Å²) >= 11 is 6.27. The Morgan fingerprint density at radius 2 is 2.12 bits per heavy atom. The molecule has 178 valence electrons. The van der Waals surface area contributed by atoms with Crippen molar-refractivity contribution in [1.82, 2.24) is 15.1 Å². The van der Waals surface area contributed by atoms with Gasteiger partial charge in [-0.25, -0.2) is 4.79 Å². The number of nitrogens with one attached hydrogen (secondary N) is 1. The standard InChI is InChI=1S/C25H32ClN3O4/c1-4-19-21-20(12-25(15-27-23(21)30)8-10-32-11-9-25)29(28-19)13-16(2)14-33-24(31)18-7-5-6-17(3)22(18)26/h5-7,16H,4,8-15H2,1-3H3,(H,27,30)/t16-/m1/s1. The van der Waals surface area contributed by atoms with Gasteiger partial charge in [-0.1, -0.05) is 37.6 Å². The predicted molar refractivity (Wildman–Crippen MR) is 126 cm³/mol. The van der Waals surface area contributed by atoms with E-state index in [9.17, 15) is 9.59 Å². The normalized spacial score (nSPS) is 18.4. The number of hydrogen-bond donors (Lipinski definition) is 1. The number of amides is 1. The average Bonchev–Trinajstić information content (AvgIpc) is 3.07. The van der Waals surface area contributed by atoms with Crippen LogP contribution in [0.5, 0.6) is 0 Å². The number of halogens is 1. The van der Waals surface area contributed by atoms with Crippen LogP contribution >= 0.6 is 11.6 Å². The number of nitrogens with zero attached hydrogens (tertiary/aromatic N) is 2. The molecule has 2 aromatic rings. The van der Waals surface area contributed by atoms with Crippen LogP contribution in [0.2, 0.25) is 5.02 Å². The van der Waals surface area contributed by atoms with E-state index in [1.807, 2.05) is 31.5 Å². The van der Waals surface area contributed by atoms with E-state index in [4.69, 9.17) is 26.2 Å². The smallest absolute Gasteiger partial charge is 0.339 e. The third-order valence-corrected chi connectivity index (χ3v) is 7.31. The van der Waals surface area contributed by atoms with Crippen LogP contribution in [0, 0.1) is 18.3 Å². The molecule has 0 radical (unpaired) electrons. The molecule has 7 nitrogen and oxygen atoms in total. The second kappa shape index (κ2) is 9.85. The van der Waals surface area contributed by atoms with Crippen LogP contribution in [0.4, 0.5) is 0 Å². The Hall–Kier alpha value is -2.38. The molecule has 1 aromatic carbocycles. The highest BCUT2D eigenvalue weighted by Gasteiger charge is 2.39. The minimum absolute atomic E-state index is 0.000420. The summed E-state index contributed by atoms with van der Waals surface area (Å²) in [6.07, 6.45) is 3.32. The number of esters is 1. The van der Waals surface area contributed by atoms with Gasteiger partial charge in [-0.15, -0.1) is 0 Å². The van der Waals surface area contributed by atoms with E-state index < -0.39 is 5.97 Å². The molecule has 8 heteroatoms. The first-order valence-electron chi connectivity index (χ1n) is 11.7. The van der Waals surface area contributed by atoms with E-state index in [1.54, 1.807) is 12.1 Å². The molecule has 2 aliphatic heterocycles. The number of rotatable bonds is 6. The molecule has 3 heterocycles. The van der Waals surface area contributed by atoms with Gasteiger partial charge in [0.05, 0.1) is 34.1 Å². The maximum absolute atomic E-state index is 13.0. The van der Waals surface area contributed by atoms with Crippen LogP contribution in [-0.4, -0.2) is 48.0 Å². The van der Waals surface area contributed by atoms with Crippen molar-refractivity contribution in [2.75, 3.05) is 26.4 Å². The van der Waals surface area contributed by atoms with Gasteiger partial charge in [0.25, 0.3) is 5.91 Å². The molecule has 1 atom stereocenters. The van der Waals surface area contributed by atoms with Crippen molar-refractivity contribution in [3.63, 3.8) is 0 Å². The first-order chi connectivity index (χ1) is 15.8. The molecule has 1 spiro atoms. The SMILES string of the molecule is CCc1nn(C[C@@H](C)COC(=O)c2cccc(C)c2Cl)c2c1C(=O)NCC1(CCOCC1)C2. The maximum Gasteiger partial charge on any atom is 0.339 e. The highest BCUT2D eigenvalue weighted by Crippen LogP contribution is 2.37. The molecular weight excluding hydrogens is 442 g/mol. The van der Waals surface area contributed by atoms with Gasteiger partial charge in [-0.05, 0) is 49.7 Å². The summed E-state index contributed by atoms with van der Waals surface area (Å²) in [6.45, 7) is 8.80. The van der Waals surface area contributed by atoms with Crippen molar-refractivity contribution in [3.8, 4) is 0 Å². The Labute approximate surface area is 199 Å². The summed E-state index contributed by atoms with van der Waals surface area (Å²) in [4.78, 5) is 25.5. The van der Waals surface area contributed by atoms with Gasteiger partial charge in [0.15, 0.2) is 0 Å². The molecule has 1 amide bonds. The third kappa shape index (κ3) is 4.94. The van der Waals surface area contributed by atoms with Crippen LogP contribution in [-0.2, 0) is 28.9 Å². The minimum Gasteiger partial charge on any atom is -0.462 e. The quantitative estimate of drug-likeness (QED) is 0.641. The Bertz CT molecular complexity index is 1040. The zero-order valence-corrected chi connectivity index (χ0v) is 20.3. The number of carbonyl (C=O) groups excluding carboxylic acids is 2. The van der Waals surface area contributed by atoms with Crippen LogP contribution in [0.25, 0.3) is 0 Å². The van der Waals surface area contributed by atoms with Crippen molar-refractivity contribution in [2.24, 2.45) is 11.3 Å². The lowest BCUT2D eigenvalue weighted by atomic mass is 9.76. The number of carbonyl (C=O) groups is 2. The number of aryl methyl sites for hydroxylation is 2. The Kier molecular flexibility index (Phi) is 7.10. The second-order valence-corrected chi connectivity index (χ2v) is 9.79. The number of aromatic nitrogens is 2. The fourth-order valence-corrected chi connectivity index (χ4v) is 4.98. The largest absolute Gasteiger partial charge is 0.462 e. The van der Waals surface area contributed by atoms with Crippen molar-refractivity contribution in [1.29, 1.82) is 0 Å². The number of ether oxygens (including phenoxy) is 2. The molecule has 1 aromatic heterocycles. The molecule has 0 aliphatic carbocycles. The van der Waals surface area contributed by atoms with E-state index in [1.165, 1.54) is 0 Å². The van der Waals surface area contributed by atoms with Gasteiger partial charge in [-0.2, -0.15) is 5.10 Å². The Balaban J connectivity index is 1.50. The van der Waals surface area contributed by atoms with E-state index in [-0.39, 0.29) is 23.8 Å². The Morgan fingerprint density at radius 3 is 2.85 bits per heavy atom. The molecule has 33 heavy (non-hydrogen) atoms. The van der Waals surface area contributed by atoms with Gasteiger partial charge in [0, 0.05) is 32.2 Å². The van der Waals surface area contributed by atoms with Crippen LogP contribution in [0.15, 0.2) is 18.2 Å². The predicted octanol–water partition coefficient (Wildman–Crippen LogP) is 3.98. The summed E-state index contributed by atoms with van der Waals surface area (Å²) in [5.74, 6) is -0.447. The van der Waals surface area contributed by atoms with Crippen molar-refractivity contribution in [2.45, 2.75) is 53.0 Å². The summed E-state index contributed by atoms with van der Waals surface area (Å²) in [7, 11) is 0. The molecular formula is C25H32ClN3O4. The van der Waals surface area contributed by atoms with Gasteiger partial charge in [-0.3, -0.25) is 9.48 Å². The lowest BCUT2D eigenvalue weighted by Crippen LogP contribution is -2.41. The van der Waals surface area contributed by atoms with Gasteiger partial charge in [0.2, 0.25) is 0 Å². The summed E-state index contributed by atoms with van der Waals surface area (Å²) < 4.78 is 13.1. The summed E-state index contributed by atoms with van der Waals surface area (Å²) in [6, 6.07) is 5.33. The fraction of sp³-hybridized carbons (Fsp3) is 0.560. The molecule has 1 N–H and O–H groups in total. The zero-order valence-electron chi connectivity index (χ0n) is 19.6. The average molecular weight is 474 g/mol. The van der Waals surface area contributed by atoms with E-state index in [0.717, 1.165) is 41.8 Å². The van der Waals surface area contributed by atoms with Gasteiger partial charge < -0.3 is 14.8 Å². The van der Waals surface area contributed by atoms with Crippen LogP contribution in [0.3, 0.4) is 0 Å². The lowest BCUT2D eigenvalue weighted by molar-refractivity contribution is 0.0151. The highest BCUT2D eigenvalue weighted by atomic mass is 35.5. The van der Waals surface area contributed by atoms with E-state index in [0.29, 0.717) is 43.3 Å². The second-order valence-electron chi connectivity index (χ2n) is 9.42. The molecule has 0 saturated carbocycles. The first kappa shape index (κ1) is 23.8. The third-order valence-electron chi connectivity index (χ3n) is 6.81. The fourth-order valence-electron chi connectivity index (χ4n) is 4.77. The highest BCUT2D eigenvalue weighted by molar-refractivity contribution is 6.34. The zero-order chi connectivity index (χ0) is 23.6. The molecule has 2 aliphatic rings. The topological polar surface area (TPSA) is 82.5 Å². The molecule has 0 bridgehead atoms. The maximum atomic E-state index is 13.0. The van der Waals surface area contributed by atoms with Gasteiger partial charge in [0.1, 0.15) is 0 Å². The van der Waals surface area contributed by atoms with E-state index in [2.05, 4.69) is 5.32 Å². The van der Waals surface area contributed by atoms with Crippen LogP contribution in [0.1, 0.15) is 64.4 Å². The molecule has 1 fully saturated rings. The summed E-state index contributed by atoms with van der Waals surface area (Å²) in [5, 5.41) is 8.36. The Morgan fingerprint density at radius 1 is 1.36 bits per heavy atom. The number of benzene rings is 1. The molecule has 1 saturated heterocycles. The van der Waals surface area contributed by atoms with Crippen molar-refractivity contribution in [3.05, 3.63) is 51.3 Å². The monoisotopic (exact) mass is 473 g/mol. The van der Waals surface area contributed by atoms with E-state index >= 15 is 0 Å². The first-order valence-corrected chi connectivity index (χ1v) is 12.1. The van der Waals surface area contributed by atoms with Crippen molar-refractivity contribution >= 4 is 23.5 Å². The minimum atomic E-state index is -0.426. The number of hydrogen-bond acceptors (Lipinski definition) is 5. The number of fused-ring (bicyclic) bond motifs is 1.